The number of pyridine rings is 1. The maximum Gasteiger partial charge on any atom is 0.262 e. The van der Waals surface area contributed by atoms with E-state index in [-0.39, 0.29) is 5.56 Å². The predicted octanol–water partition coefficient (Wildman–Crippen LogP) is 3.74. The molecular weight excluding hydrogens is 274 g/mol. The van der Waals surface area contributed by atoms with Crippen molar-refractivity contribution in [2.24, 2.45) is 12.0 Å². The molecule has 1 aliphatic heterocycles. The molecule has 2 aromatic carbocycles. The van der Waals surface area contributed by atoms with Crippen molar-refractivity contribution in [2.45, 2.75) is 6.92 Å². The lowest BCUT2D eigenvalue weighted by Crippen LogP contribution is -2.25. The Bertz CT molecular complexity index is 999. The molecule has 1 aromatic heterocycles. The van der Waals surface area contributed by atoms with E-state index in [9.17, 15) is 4.79 Å². The van der Waals surface area contributed by atoms with Crippen molar-refractivity contribution in [3.05, 3.63) is 64.4 Å². The summed E-state index contributed by atoms with van der Waals surface area (Å²) in [6.45, 7) is 1.89. The summed E-state index contributed by atoms with van der Waals surface area (Å²) in [4.78, 5) is 17.4. The standard InChI is InChI=1S/C18H15N3O/c1-11-16-17(20-14-9-5-4-8-13(14)19-11)12-7-3-6-10-15(12)21(2)18(16)22/h3-10,20H,1-2H3. The second kappa shape index (κ2) is 4.56. The van der Waals surface area contributed by atoms with Crippen molar-refractivity contribution in [1.29, 1.82) is 0 Å². The van der Waals surface area contributed by atoms with Gasteiger partial charge in [-0.1, -0.05) is 30.3 Å². The van der Waals surface area contributed by atoms with Crippen LogP contribution in [0.1, 0.15) is 12.5 Å². The highest BCUT2D eigenvalue weighted by atomic mass is 16.1. The number of rotatable bonds is 0. The largest absolute Gasteiger partial charge is 0.353 e. The summed E-state index contributed by atoms with van der Waals surface area (Å²) < 4.78 is 1.69. The number of aryl methyl sites for hydroxylation is 1. The fraction of sp³-hybridized carbons (Fsp3) is 0.111. The molecule has 22 heavy (non-hydrogen) atoms. The number of para-hydroxylation sites is 3. The molecule has 0 radical (unpaired) electrons. The van der Waals surface area contributed by atoms with Crippen LogP contribution in [0.15, 0.2) is 58.3 Å². The van der Waals surface area contributed by atoms with Crippen molar-refractivity contribution in [2.75, 3.05) is 5.32 Å². The summed E-state index contributed by atoms with van der Waals surface area (Å²) in [6.07, 6.45) is 0. The summed E-state index contributed by atoms with van der Waals surface area (Å²) in [5, 5.41) is 4.44. The molecule has 0 saturated heterocycles. The predicted molar refractivity (Wildman–Crippen MR) is 90.8 cm³/mol. The van der Waals surface area contributed by atoms with Crippen LogP contribution in [0.4, 0.5) is 17.1 Å². The van der Waals surface area contributed by atoms with Crippen LogP contribution in [-0.4, -0.2) is 10.3 Å². The molecule has 1 N–H and O–H groups in total. The zero-order valence-corrected chi connectivity index (χ0v) is 12.4. The molecule has 4 heteroatoms. The lowest BCUT2D eigenvalue weighted by Gasteiger charge is -2.15. The van der Waals surface area contributed by atoms with Crippen molar-refractivity contribution < 1.29 is 0 Å². The number of aromatic nitrogens is 1. The SMILES string of the molecule is CC1=Nc2ccccc2Nc2c1c(=O)n(C)c1ccccc21. The van der Waals surface area contributed by atoms with Gasteiger partial charge < -0.3 is 9.88 Å². The molecular formula is C18H15N3O. The number of aliphatic imine (C=N–C) groups is 1. The van der Waals surface area contributed by atoms with Crippen LogP contribution in [0.5, 0.6) is 0 Å². The average molecular weight is 289 g/mol. The van der Waals surface area contributed by atoms with Crippen molar-refractivity contribution in [3.8, 4) is 0 Å². The Morgan fingerprint density at radius 3 is 2.64 bits per heavy atom. The second-order valence-electron chi connectivity index (χ2n) is 5.47. The third-order valence-corrected chi connectivity index (χ3v) is 4.12. The summed E-state index contributed by atoms with van der Waals surface area (Å²) in [5.41, 5.74) is 4.85. The van der Waals surface area contributed by atoms with Crippen LogP contribution in [0.2, 0.25) is 0 Å². The highest BCUT2D eigenvalue weighted by molar-refractivity contribution is 6.13. The number of benzene rings is 2. The highest BCUT2D eigenvalue weighted by Gasteiger charge is 2.20. The Morgan fingerprint density at radius 2 is 1.77 bits per heavy atom. The maximum absolute atomic E-state index is 12.8. The quantitative estimate of drug-likeness (QED) is 0.685. The molecule has 1 aliphatic rings. The van der Waals surface area contributed by atoms with Gasteiger partial charge in [-0.05, 0) is 25.1 Å². The lowest BCUT2D eigenvalue weighted by molar-refractivity contribution is 0.903. The molecule has 0 fully saturated rings. The first-order chi connectivity index (χ1) is 10.7. The number of nitrogens with one attached hydrogen (secondary N) is 1. The zero-order valence-electron chi connectivity index (χ0n) is 12.4. The van der Waals surface area contributed by atoms with Crippen LogP contribution < -0.4 is 10.9 Å². The first-order valence-corrected chi connectivity index (χ1v) is 7.20. The molecule has 0 atom stereocenters. The van der Waals surface area contributed by atoms with Crippen LogP contribution in [0.3, 0.4) is 0 Å². The summed E-state index contributed by atoms with van der Waals surface area (Å²) in [5.74, 6) is 0. The van der Waals surface area contributed by atoms with Crippen LogP contribution in [-0.2, 0) is 7.05 Å². The number of fused-ring (bicyclic) bond motifs is 4. The molecule has 3 aromatic rings. The second-order valence-corrected chi connectivity index (χ2v) is 5.47. The molecule has 0 unspecified atom stereocenters. The van der Waals surface area contributed by atoms with E-state index in [2.05, 4.69) is 10.3 Å². The minimum atomic E-state index is -0.0322. The molecule has 108 valence electrons. The molecule has 0 amide bonds. The first-order valence-electron chi connectivity index (χ1n) is 7.20. The molecule has 0 bridgehead atoms. The van der Waals surface area contributed by atoms with Crippen molar-refractivity contribution in [1.82, 2.24) is 4.57 Å². The van der Waals surface area contributed by atoms with Gasteiger partial charge in [0.15, 0.2) is 0 Å². The Balaban J connectivity index is 2.18. The van der Waals surface area contributed by atoms with Crippen LogP contribution in [0.25, 0.3) is 10.9 Å². The van der Waals surface area contributed by atoms with Gasteiger partial charge in [0.05, 0.1) is 33.9 Å². The molecule has 0 spiro atoms. The molecule has 0 aliphatic carbocycles. The van der Waals surface area contributed by atoms with Crippen molar-refractivity contribution in [3.63, 3.8) is 0 Å². The summed E-state index contributed by atoms with van der Waals surface area (Å²) in [7, 11) is 1.80. The van der Waals surface area contributed by atoms with Crippen LogP contribution in [0, 0.1) is 0 Å². The average Bonchev–Trinajstić information content (AvgIpc) is 2.68. The molecule has 4 rings (SSSR count). The highest BCUT2D eigenvalue weighted by Crippen LogP contribution is 2.36. The summed E-state index contributed by atoms with van der Waals surface area (Å²) in [6, 6.07) is 15.8. The zero-order chi connectivity index (χ0) is 15.3. The molecule has 0 saturated carbocycles. The van der Waals surface area contributed by atoms with Gasteiger partial charge in [-0.2, -0.15) is 0 Å². The molecule has 2 heterocycles. The van der Waals surface area contributed by atoms with E-state index in [1.807, 2.05) is 55.5 Å². The Hall–Kier alpha value is -2.88. The van der Waals surface area contributed by atoms with Gasteiger partial charge in [-0.3, -0.25) is 9.79 Å². The third-order valence-electron chi connectivity index (χ3n) is 4.12. The van der Waals surface area contributed by atoms with E-state index in [0.717, 1.165) is 33.7 Å². The normalized spacial score (nSPS) is 12.9. The monoisotopic (exact) mass is 289 g/mol. The smallest absolute Gasteiger partial charge is 0.262 e. The van der Waals surface area contributed by atoms with Gasteiger partial charge in [0.25, 0.3) is 5.56 Å². The summed E-state index contributed by atoms with van der Waals surface area (Å²) >= 11 is 0. The van der Waals surface area contributed by atoms with E-state index in [1.54, 1.807) is 11.6 Å². The van der Waals surface area contributed by atoms with Gasteiger partial charge in [0.2, 0.25) is 0 Å². The number of hydrogen-bond acceptors (Lipinski definition) is 3. The minimum absolute atomic E-state index is 0.0322. The van der Waals surface area contributed by atoms with E-state index < -0.39 is 0 Å². The Kier molecular flexibility index (Phi) is 2.66. The maximum atomic E-state index is 12.8. The minimum Gasteiger partial charge on any atom is -0.353 e. The molecule has 4 nitrogen and oxygen atoms in total. The lowest BCUT2D eigenvalue weighted by atomic mass is 10.1. The van der Waals surface area contributed by atoms with Gasteiger partial charge >= 0.3 is 0 Å². The Morgan fingerprint density at radius 1 is 1.05 bits per heavy atom. The first kappa shape index (κ1) is 12.8. The number of nitrogens with zero attached hydrogens (tertiary/aromatic N) is 2. The van der Waals surface area contributed by atoms with Gasteiger partial charge in [-0.25, -0.2) is 0 Å². The van der Waals surface area contributed by atoms with E-state index >= 15 is 0 Å². The van der Waals surface area contributed by atoms with E-state index in [4.69, 9.17) is 0 Å². The number of anilines is 2. The van der Waals surface area contributed by atoms with Crippen LogP contribution >= 0.6 is 0 Å². The van der Waals surface area contributed by atoms with E-state index in [1.165, 1.54) is 0 Å². The topological polar surface area (TPSA) is 46.4 Å². The fourth-order valence-corrected chi connectivity index (χ4v) is 3.01. The fourth-order valence-electron chi connectivity index (χ4n) is 3.01. The number of hydrogen-bond donors (Lipinski definition) is 1. The Labute approximate surface area is 127 Å². The van der Waals surface area contributed by atoms with Crippen molar-refractivity contribution >= 4 is 33.7 Å². The van der Waals surface area contributed by atoms with Gasteiger partial charge in [-0.15, -0.1) is 0 Å². The van der Waals surface area contributed by atoms with E-state index in [0.29, 0.717) is 5.56 Å². The van der Waals surface area contributed by atoms with Gasteiger partial charge in [0.1, 0.15) is 0 Å². The van der Waals surface area contributed by atoms with Gasteiger partial charge in [0, 0.05) is 12.4 Å². The third kappa shape index (κ3) is 1.70.